The molecule has 0 radical (unpaired) electrons. The Morgan fingerprint density at radius 2 is 1.62 bits per heavy atom. The van der Waals surface area contributed by atoms with E-state index in [4.69, 9.17) is 0 Å². The summed E-state index contributed by atoms with van der Waals surface area (Å²) in [5.74, 6) is 0. The van der Waals surface area contributed by atoms with Crippen LogP contribution in [0.2, 0.25) is 0 Å². The Morgan fingerprint density at radius 3 is 2.25 bits per heavy atom. The van der Waals surface area contributed by atoms with Crippen LogP contribution < -0.4 is 5.32 Å². The fraction of sp³-hybridized carbons (Fsp3) is 1.00. The lowest BCUT2D eigenvalue weighted by atomic mass is 9.90. The summed E-state index contributed by atoms with van der Waals surface area (Å²) in [7, 11) is 0. The van der Waals surface area contributed by atoms with Crippen LogP contribution in [-0.2, 0) is 0 Å². The van der Waals surface area contributed by atoms with Crippen molar-refractivity contribution in [2.45, 2.75) is 70.4 Å². The Balaban J connectivity index is 1.96. The van der Waals surface area contributed by atoms with Gasteiger partial charge in [0.1, 0.15) is 0 Å². The standard InChI is InChI=1S/C14H28N2/c1-14(2)12-15-10-11-16(14)13-8-6-4-3-5-7-9-13/h13,15H,3-12H2,1-2H3. The summed E-state index contributed by atoms with van der Waals surface area (Å²) in [5, 5.41) is 3.53. The number of nitrogens with one attached hydrogen (secondary N) is 1. The van der Waals surface area contributed by atoms with Crippen molar-refractivity contribution in [2.24, 2.45) is 0 Å². The van der Waals surface area contributed by atoms with E-state index in [-0.39, 0.29) is 0 Å². The van der Waals surface area contributed by atoms with Crippen molar-refractivity contribution in [2.75, 3.05) is 19.6 Å². The number of rotatable bonds is 1. The summed E-state index contributed by atoms with van der Waals surface area (Å²) >= 11 is 0. The van der Waals surface area contributed by atoms with E-state index in [9.17, 15) is 0 Å². The highest BCUT2D eigenvalue weighted by Crippen LogP contribution is 2.27. The normalized spacial score (nSPS) is 29.6. The van der Waals surface area contributed by atoms with Crippen molar-refractivity contribution in [1.29, 1.82) is 0 Å². The fourth-order valence-electron chi connectivity index (χ4n) is 3.42. The molecule has 0 spiro atoms. The van der Waals surface area contributed by atoms with Crippen LogP contribution in [0.15, 0.2) is 0 Å². The molecule has 94 valence electrons. The SMILES string of the molecule is CC1(C)CNCCN1C1CCCCCCC1. The van der Waals surface area contributed by atoms with Gasteiger partial charge in [0.15, 0.2) is 0 Å². The Morgan fingerprint density at radius 1 is 1.00 bits per heavy atom. The maximum absolute atomic E-state index is 3.53. The first-order valence-electron chi connectivity index (χ1n) is 7.18. The second-order valence-electron chi connectivity index (χ2n) is 6.18. The average Bonchev–Trinajstić information content (AvgIpc) is 2.18. The van der Waals surface area contributed by atoms with Crippen LogP contribution >= 0.6 is 0 Å². The van der Waals surface area contributed by atoms with E-state index >= 15 is 0 Å². The summed E-state index contributed by atoms with van der Waals surface area (Å²) in [5.41, 5.74) is 0.363. The third kappa shape index (κ3) is 2.98. The molecule has 2 fully saturated rings. The molecule has 0 atom stereocenters. The van der Waals surface area contributed by atoms with Gasteiger partial charge in [0.25, 0.3) is 0 Å². The van der Waals surface area contributed by atoms with E-state index in [1.807, 2.05) is 0 Å². The highest BCUT2D eigenvalue weighted by molar-refractivity contribution is 4.92. The molecule has 0 aromatic heterocycles. The molecule has 2 aliphatic rings. The highest BCUT2D eigenvalue weighted by atomic mass is 15.3. The van der Waals surface area contributed by atoms with E-state index < -0.39 is 0 Å². The summed E-state index contributed by atoms with van der Waals surface area (Å²) in [6.45, 7) is 8.39. The first-order valence-corrected chi connectivity index (χ1v) is 7.18. The van der Waals surface area contributed by atoms with Crippen molar-refractivity contribution in [1.82, 2.24) is 10.2 Å². The van der Waals surface area contributed by atoms with Crippen molar-refractivity contribution < 1.29 is 0 Å². The van der Waals surface area contributed by atoms with Crippen molar-refractivity contribution in [3.05, 3.63) is 0 Å². The van der Waals surface area contributed by atoms with E-state index in [1.54, 1.807) is 0 Å². The minimum Gasteiger partial charge on any atom is -0.314 e. The van der Waals surface area contributed by atoms with Crippen LogP contribution in [0.1, 0.15) is 58.8 Å². The topological polar surface area (TPSA) is 15.3 Å². The zero-order chi connectivity index (χ0) is 11.4. The first-order chi connectivity index (χ1) is 7.70. The maximum Gasteiger partial charge on any atom is 0.0281 e. The van der Waals surface area contributed by atoms with Gasteiger partial charge in [-0.3, -0.25) is 4.90 Å². The monoisotopic (exact) mass is 224 g/mol. The molecule has 1 aliphatic heterocycles. The van der Waals surface area contributed by atoms with Crippen LogP contribution in [-0.4, -0.2) is 36.1 Å². The Hall–Kier alpha value is -0.0800. The molecule has 2 nitrogen and oxygen atoms in total. The van der Waals surface area contributed by atoms with Gasteiger partial charge in [0.05, 0.1) is 0 Å². The minimum absolute atomic E-state index is 0.363. The summed E-state index contributed by atoms with van der Waals surface area (Å²) in [4.78, 5) is 2.79. The van der Waals surface area contributed by atoms with Crippen LogP contribution in [0, 0.1) is 0 Å². The molecule has 1 saturated carbocycles. The first kappa shape index (κ1) is 12.4. The number of hydrogen-bond acceptors (Lipinski definition) is 2. The molecular formula is C14H28N2. The number of piperazine rings is 1. The molecule has 0 aromatic carbocycles. The quantitative estimate of drug-likeness (QED) is 0.737. The molecule has 0 aromatic rings. The van der Waals surface area contributed by atoms with Gasteiger partial charge in [-0.2, -0.15) is 0 Å². The lowest BCUT2D eigenvalue weighted by molar-refractivity contribution is 0.0332. The van der Waals surface area contributed by atoms with Gasteiger partial charge in [-0.25, -0.2) is 0 Å². The second-order valence-corrected chi connectivity index (χ2v) is 6.18. The van der Waals surface area contributed by atoms with Crippen molar-refractivity contribution in [3.63, 3.8) is 0 Å². The smallest absolute Gasteiger partial charge is 0.0281 e. The van der Waals surface area contributed by atoms with Gasteiger partial charge in [0.2, 0.25) is 0 Å². The Bertz CT molecular complexity index is 205. The Kier molecular flexibility index (Phi) is 4.26. The molecule has 16 heavy (non-hydrogen) atoms. The van der Waals surface area contributed by atoms with Gasteiger partial charge < -0.3 is 5.32 Å². The highest BCUT2D eigenvalue weighted by Gasteiger charge is 2.34. The van der Waals surface area contributed by atoms with Gasteiger partial charge in [-0.15, -0.1) is 0 Å². The van der Waals surface area contributed by atoms with Gasteiger partial charge in [-0.05, 0) is 26.7 Å². The second kappa shape index (κ2) is 5.50. The van der Waals surface area contributed by atoms with Crippen LogP contribution in [0.25, 0.3) is 0 Å². The molecule has 1 aliphatic carbocycles. The summed E-state index contributed by atoms with van der Waals surface area (Å²) in [6.07, 6.45) is 10.2. The molecule has 1 N–H and O–H groups in total. The zero-order valence-corrected chi connectivity index (χ0v) is 11.1. The number of nitrogens with zero attached hydrogens (tertiary/aromatic N) is 1. The fourth-order valence-corrected chi connectivity index (χ4v) is 3.42. The lowest BCUT2D eigenvalue weighted by Crippen LogP contribution is -2.61. The predicted molar refractivity (Wildman–Crippen MR) is 69.8 cm³/mol. The number of hydrogen-bond donors (Lipinski definition) is 1. The average molecular weight is 224 g/mol. The van der Waals surface area contributed by atoms with E-state index in [2.05, 4.69) is 24.1 Å². The van der Waals surface area contributed by atoms with Crippen LogP contribution in [0.3, 0.4) is 0 Å². The summed E-state index contributed by atoms with van der Waals surface area (Å²) in [6, 6.07) is 0.859. The largest absolute Gasteiger partial charge is 0.314 e. The molecule has 1 heterocycles. The Labute approximate surface area is 101 Å². The molecule has 0 unspecified atom stereocenters. The molecule has 2 rings (SSSR count). The van der Waals surface area contributed by atoms with Crippen molar-refractivity contribution in [3.8, 4) is 0 Å². The van der Waals surface area contributed by atoms with E-state index in [0.717, 1.165) is 12.6 Å². The van der Waals surface area contributed by atoms with Gasteiger partial charge in [0, 0.05) is 31.2 Å². The molecule has 0 amide bonds. The van der Waals surface area contributed by atoms with E-state index in [0.29, 0.717) is 5.54 Å². The summed E-state index contributed by atoms with van der Waals surface area (Å²) < 4.78 is 0. The molecule has 1 saturated heterocycles. The maximum atomic E-state index is 3.53. The minimum atomic E-state index is 0.363. The van der Waals surface area contributed by atoms with Crippen LogP contribution in [0.4, 0.5) is 0 Å². The predicted octanol–water partition coefficient (Wildman–Crippen LogP) is 2.78. The molecule has 0 bridgehead atoms. The molecule has 2 heteroatoms. The third-order valence-electron chi connectivity index (χ3n) is 4.38. The third-order valence-corrected chi connectivity index (χ3v) is 4.38. The van der Waals surface area contributed by atoms with Gasteiger partial charge >= 0.3 is 0 Å². The van der Waals surface area contributed by atoms with Crippen molar-refractivity contribution >= 4 is 0 Å². The van der Waals surface area contributed by atoms with Gasteiger partial charge in [-0.1, -0.05) is 32.1 Å². The van der Waals surface area contributed by atoms with E-state index in [1.165, 1.54) is 58.0 Å². The lowest BCUT2D eigenvalue weighted by Gasteiger charge is -2.48. The zero-order valence-electron chi connectivity index (χ0n) is 11.1. The van der Waals surface area contributed by atoms with Crippen LogP contribution in [0.5, 0.6) is 0 Å². The molecular weight excluding hydrogens is 196 g/mol.